The summed E-state index contributed by atoms with van der Waals surface area (Å²) < 4.78 is 0. The van der Waals surface area contributed by atoms with Gasteiger partial charge in [0.15, 0.2) is 0 Å². The van der Waals surface area contributed by atoms with E-state index >= 15 is 0 Å². The molecule has 3 N–H and O–H groups in total. The van der Waals surface area contributed by atoms with Crippen LogP contribution in [0.5, 0.6) is 0 Å². The first-order valence-electron chi connectivity index (χ1n) is 7.10. The van der Waals surface area contributed by atoms with Gasteiger partial charge in [0, 0.05) is 12.8 Å². The second kappa shape index (κ2) is 10.2. The van der Waals surface area contributed by atoms with Crippen LogP contribution in [-0.4, -0.2) is 34.1 Å². The van der Waals surface area contributed by atoms with Crippen LogP contribution in [0.4, 0.5) is 0 Å². The summed E-state index contributed by atoms with van der Waals surface area (Å²) in [5.74, 6) is -2.39. The SMILES string of the molecule is CCCCCC(C)CC(=O)N[C@@H](CCC(=O)O)C(=O)O. The van der Waals surface area contributed by atoms with Crippen LogP contribution < -0.4 is 5.32 Å². The number of hydrogen-bond acceptors (Lipinski definition) is 3. The number of unbranched alkanes of at least 4 members (excludes halogenated alkanes) is 2. The summed E-state index contributed by atoms with van der Waals surface area (Å²) in [5, 5.41) is 19.9. The second-order valence-electron chi connectivity index (χ2n) is 5.20. The van der Waals surface area contributed by atoms with Gasteiger partial charge in [-0.3, -0.25) is 9.59 Å². The number of nitrogens with one attached hydrogen (secondary N) is 1. The number of hydrogen-bond donors (Lipinski definition) is 3. The molecule has 0 bridgehead atoms. The molecular formula is C14H25NO5. The Balaban J connectivity index is 4.11. The van der Waals surface area contributed by atoms with Crippen molar-refractivity contribution in [3.63, 3.8) is 0 Å². The molecule has 0 aliphatic heterocycles. The Morgan fingerprint density at radius 3 is 2.25 bits per heavy atom. The maximum atomic E-state index is 11.7. The standard InChI is InChI=1S/C14H25NO5/c1-3-4-5-6-10(2)9-12(16)15-11(14(19)20)7-8-13(17)18/h10-11H,3-9H2,1-2H3,(H,15,16)(H,17,18)(H,19,20)/t10?,11-/m0/s1. The van der Waals surface area contributed by atoms with Crippen molar-refractivity contribution in [3.8, 4) is 0 Å². The average molecular weight is 287 g/mol. The summed E-state index contributed by atoms with van der Waals surface area (Å²) >= 11 is 0. The molecule has 1 amide bonds. The van der Waals surface area contributed by atoms with Crippen LogP contribution in [0, 0.1) is 5.92 Å². The van der Waals surface area contributed by atoms with Gasteiger partial charge >= 0.3 is 11.9 Å². The van der Waals surface area contributed by atoms with Crippen LogP contribution in [0.15, 0.2) is 0 Å². The van der Waals surface area contributed by atoms with Crippen molar-refractivity contribution in [3.05, 3.63) is 0 Å². The van der Waals surface area contributed by atoms with Gasteiger partial charge in [-0.25, -0.2) is 4.79 Å². The molecule has 0 aromatic carbocycles. The van der Waals surface area contributed by atoms with Gasteiger partial charge in [-0.15, -0.1) is 0 Å². The molecule has 0 radical (unpaired) electrons. The largest absolute Gasteiger partial charge is 0.481 e. The van der Waals surface area contributed by atoms with E-state index in [-0.39, 0.29) is 31.1 Å². The van der Waals surface area contributed by atoms with E-state index in [1.165, 1.54) is 0 Å². The van der Waals surface area contributed by atoms with E-state index in [1.807, 2.05) is 6.92 Å². The zero-order valence-electron chi connectivity index (χ0n) is 12.2. The Morgan fingerprint density at radius 1 is 1.10 bits per heavy atom. The Hall–Kier alpha value is -1.59. The van der Waals surface area contributed by atoms with Gasteiger partial charge < -0.3 is 15.5 Å². The number of carbonyl (C=O) groups is 3. The van der Waals surface area contributed by atoms with Gasteiger partial charge in [0.2, 0.25) is 5.91 Å². The van der Waals surface area contributed by atoms with Gasteiger partial charge in [0.1, 0.15) is 6.04 Å². The number of carboxylic acid groups (broad SMARTS) is 2. The van der Waals surface area contributed by atoms with Gasteiger partial charge in [-0.2, -0.15) is 0 Å². The molecule has 6 nitrogen and oxygen atoms in total. The maximum absolute atomic E-state index is 11.7. The molecule has 0 aliphatic carbocycles. The van der Waals surface area contributed by atoms with Gasteiger partial charge in [-0.1, -0.05) is 39.5 Å². The molecule has 0 rings (SSSR count). The van der Waals surface area contributed by atoms with Crippen LogP contribution in [0.25, 0.3) is 0 Å². The molecule has 0 heterocycles. The molecule has 0 saturated heterocycles. The summed E-state index contributed by atoms with van der Waals surface area (Å²) in [6.07, 6.45) is 4.16. The van der Waals surface area contributed by atoms with Crippen molar-refractivity contribution in [2.24, 2.45) is 5.92 Å². The van der Waals surface area contributed by atoms with E-state index in [9.17, 15) is 14.4 Å². The van der Waals surface area contributed by atoms with Crippen molar-refractivity contribution < 1.29 is 24.6 Å². The molecule has 0 aromatic heterocycles. The lowest BCUT2D eigenvalue weighted by atomic mass is 9.99. The minimum Gasteiger partial charge on any atom is -0.481 e. The van der Waals surface area contributed by atoms with E-state index in [0.29, 0.717) is 0 Å². The number of amides is 1. The topological polar surface area (TPSA) is 104 Å². The van der Waals surface area contributed by atoms with Crippen LogP contribution in [0.2, 0.25) is 0 Å². The van der Waals surface area contributed by atoms with Crippen LogP contribution in [0.1, 0.15) is 58.8 Å². The lowest BCUT2D eigenvalue weighted by Gasteiger charge is -2.16. The molecule has 0 spiro atoms. The van der Waals surface area contributed by atoms with E-state index < -0.39 is 18.0 Å². The summed E-state index contributed by atoms with van der Waals surface area (Å²) in [5.41, 5.74) is 0. The molecule has 116 valence electrons. The minimum atomic E-state index is -1.20. The van der Waals surface area contributed by atoms with E-state index in [0.717, 1.165) is 25.7 Å². The summed E-state index contributed by atoms with van der Waals surface area (Å²) in [4.78, 5) is 33.1. The Bertz CT molecular complexity index is 330. The first-order chi connectivity index (χ1) is 9.36. The number of carboxylic acids is 2. The molecule has 0 saturated carbocycles. The molecular weight excluding hydrogens is 262 g/mol. The summed E-state index contributed by atoms with van der Waals surface area (Å²) in [7, 11) is 0. The molecule has 20 heavy (non-hydrogen) atoms. The van der Waals surface area contributed by atoms with E-state index in [4.69, 9.17) is 10.2 Å². The monoisotopic (exact) mass is 287 g/mol. The van der Waals surface area contributed by atoms with Gasteiger partial charge in [-0.05, 0) is 12.3 Å². The fraction of sp³-hybridized carbons (Fsp3) is 0.786. The Labute approximate surface area is 119 Å². The van der Waals surface area contributed by atoms with Crippen LogP contribution in [-0.2, 0) is 14.4 Å². The lowest BCUT2D eigenvalue weighted by Crippen LogP contribution is -2.41. The first-order valence-corrected chi connectivity index (χ1v) is 7.10. The quantitative estimate of drug-likeness (QED) is 0.504. The highest BCUT2D eigenvalue weighted by Gasteiger charge is 2.21. The van der Waals surface area contributed by atoms with Crippen molar-refractivity contribution in [1.82, 2.24) is 5.32 Å². The van der Waals surface area contributed by atoms with Crippen molar-refractivity contribution in [2.45, 2.75) is 64.8 Å². The predicted molar refractivity (Wildman–Crippen MR) is 74.4 cm³/mol. The maximum Gasteiger partial charge on any atom is 0.326 e. The van der Waals surface area contributed by atoms with Crippen molar-refractivity contribution >= 4 is 17.8 Å². The normalized spacial score (nSPS) is 13.5. The third kappa shape index (κ3) is 9.35. The lowest BCUT2D eigenvalue weighted by molar-refractivity contribution is -0.143. The molecule has 0 fully saturated rings. The van der Waals surface area contributed by atoms with Gasteiger partial charge in [0.25, 0.3) is 0 Å². The predicted octanol–water partition coefficient (Wildman–Crippen LogP) is 2.03. The molecule has 6 heteroatoms. The second-order valence-corrected chi connectivity index (χ2v) is 5.20. The van der Waals surface area contributed by atoms with Crippen molar-refractivity contribution in [1.29, 1.82) is 0 Å². The molecule has 2 atom stereocenters. The van der Waals surface area contributed by atoms with E-state index in [1.54, 1.807) is 0 Å². The highest BCUT2D eigenvalue weighted by Crippen LogP contribution is 2.13. The molecule has 0 aromatic rings. The highest BCUT2D eigenvalue weighted by atomic mass is 16.4. The minimum absolute atomic E-state index is 0.0966. The third-order valence-electron chi connectivity index (χ3n) is 3.11. The number of rotatable bonds is 11. The smallest absolute Gasteiger partial charge is 0.326 e. The fourth-order valence-corrected chi connectivity index (χ4v) is 1.94. The Morgan fingerprint density at radius 2 is 1.75 bits per heavy atom. The number of aliphatic carboxylic acids is 2. The zero-order valence-corrected chi connectivity index (χ0v) is 12.2. The molecule has 0 aliphatic rings. The fourth-order valence-electron chi connectivity index (χ4n) is 1.94. The van der Waals surface area contributed by atoms with Gasteiger partial charge in [0.05, 0.1) is 0 Å². The third-order valence-corrected chi connectivity index (χ3v) is 3.11. The molecule has 1 unspecified atom stereocenters. The number of carbonyl (C=O) groups excluding carboxylic acids is 1. The highest BCUT2D eigenvalue weighted by molar-refractivity contribution is 5.84. The van der Waals surface area contributed by atoms with E-state index in [2.05, 4.69) is 12.2 Å². The van der Waals surface area contributed by atoms with Crippen molar-refractivity contribution in [2.75, 3.05) is 0 Å². The Kier molecular flexibility index (Phi) is 9.41. The summed E-state index contributed by atoms with van der Waals surface area (Å²) in [6, 6.07) is -1.12. The average Bonchev–Trinajstić information content (AvgIpc) is 2.34. The zero-order chi connectivity index (χ0) is 15.5. The van der Waals surface area contributed by atoms with Crippen LogP contribution >= 0.6 is 0 Å². The first kappa shape index (κ1) is 18.4. The van der Waals surface area contributed by atoms with Crippen LogP contribution in [0.3, 0.4) is 0 Å². The summed E-state index contributed by atoms with van der Waals surface area (Å²) in [6.45, 7) is 4.07.